The lowest BCUT2D eigenvalue weighted by molar-refractivity contribution is 0.0948. The minimum atomic E-state index is -0.0533. The Kier molecular flexibility index (Phi) is 7.35. The summed E-state index contributed by atoms with van der Waals surface area (Å²) >= 11 is 1.38. The Morgan fingerprint density at radius 2 is 1.83 bits per heavy atom. The quantitative estimate of drug-likeness (QED) is 0.358. The van der Waals surface area contributed by atoms with Gasteiger partial charge in [-0.3, -0.25) is 4.79 Å². The van der Waals surface area contributed by atoms with Crippen molar-refractivity contribution in [2.24, 2.45) is 5.92 Å². The fourth-order valence-electron chi connectivity index (χ4n) is 4.49. The SMILES string of the molecule is Cc1ccc(-c2nc(-c3ccc(C(=O)NCCN4CCC(Cc5ccccc5)CC4)s3)no2)cc1. The van der Waals surface area contributed by atoms with Gasteiger partial charge in [0.2, 0.25) is 5.82 Å². The van der Waals surface area contributed by atoms with Crippen molar-refractivity contribution in [1.29, 1.82) is 0 Å². The molecule has 180 valence electrons. The van der Waals surface area contributed by atoms with E-state index in [-0.39, 0.29) is 5.91 Å². The van der Waals surface area contributed by atoms with Gasteiger partial charge in [0, 0.05) is 18.7 Å². The standard InChI is InChI=1S/C28H30N4O2S/c1-20-7-9-23(10-8-20)28-30-26(31-34-28)24-11-12-25(35-24)27(33)29-15-18-32-16-13-22(14-17-32)19-21-5-3-2-4-6-21/h2-12,22H,13-19H2,1H3,(H,29,33). The van der Waals surface area contributed by atoms with Gasteiger partial charge < -0.3 is 14.7 Å². The molecular weight excluding hydrogens is 456 g/mol. The highest BCUT2D eigenvalue weighted by Gasteiger charge is 2.20. The van der Waals surface area contributed by atoms with E-state index in [1.54, 1.807) is 0 Å². The Morgan fingerprint density at radius 3 is 2.60 bits per heavy atom. The zero-order valence-corrected chi connectivity index (χ0v) is 20.8. The summed E-state index contributed by atoms with van der Waals surface area (Å²) < 4.78 is 5.43. The zero-order valence-electron chi connectivity index (χ0n) is 19.9. The predicted octanol–water partition coefficient (Wildman–Crippen LogP) is 5.46. The summed E-state index contributed by atoms with van der Waals surface area (Å²) in [5.74, 6) is 1.68. The van der Waals surface area contributed by atoms with Gasteiger partial charge in [-0.25, -0.2) is 0 Å². The average molecular weight is 487 g/mol. The van der Waals surface area contributed by atoms with E-state index in [2.05, 4.69) is 50.7 Å². The van der Waals surface area contributed by atoms with Crippen LogP contribution in [0.5, 0.6) is 0 Å². The summed E-state index contributed by atoms with van der Waals surface area (Å²) in [6.07, 6.45) is 3.60. The normalized spacial score (nSPS) is 14.8. The first-order chi connectivity index (χ1) is 17.1. The van der Waals surface area contributed by atoms with Crippen molar-refractivity contribution in [3.8, 4) is 22.2 Å². The van der Waals surface area contributed by atoms with Gasteiger partial charge in [-0.15, -0.1) is 11.3 Å². The van der Waals surface area contributed by atoms with Crippen LogP contribution in [0.1, 0.15) is 33.6 Å². The molecule has 5 rings (SSSR count). The number of nitrogens with zero attached hydrogens (tertiary/aromatic N) is 3. The van der Waals surface area contributed by atoms with Crippen LogP contribution < -0.4 is 5.32 Å². The Balaban J connectivity index is 1.07. The maximum atomic E-state index is 12.7. The highest BCUT2D eigenvalue weighted by molar-refractivity contribution is 7.17. The number of carbonyl (C=O) groups excluding carboxylic acids is 1. The number of benzene rings is 2. The molecule has 2 aromatic carbocycles. The van der Waals surface area contributed by atoms with Crippen molar-refractivity contribution in [3.05, 3.63) is 82.7 Å². The fraction of sp³-hybridized carbons (Fsp3) is 0.321. The maximum absolute atomic E-state index is 12.7. The molecular formula is C28H30N4O2S. The monoisotopic (exact) mass is 486 g/mol. The lowest BCUT2D eigenvalue weighted by Gasteiger charge is -2.32. The number of aromatic nitrogens is 2. The summed E-state index contributed by atoms with van der Waals surface area (Å²) in [5, 5.41) is 7.16. The minimum absolute atomic E-state index is 0.0533. The van der Waals surface area contributed by atoms with Crippen LogP contribution in [0.25, 0.3) is 22.2 Å². The van der Waals surface area contributed by atoms with Crippen molar-refractivity contribution < 1.29 is 9.32 Å². The number of amides is 1. The Morgan fingerprint density at radius 1 is 1.06 bits per heavy atom. The molecule has 0 aliphatic carbocycles. The van der Waals surface area contributed by atoms with Gasteiger partial charge in [-0.05, 0) is 75.0 Å². The van der Waals surface area contributed by atoms with Crippen molar-refractivity contribution >= 4 is 17.2 Å². The van der Waals surface area contributed by atoms with Gasteiger partial charge in [-0.2, -0.15) is 4.98 Å². The molecule has 4 aromatic rings. The Labute approximate surface area is 210 Å². The van der Waals surface area contributed by atoms with Crippen LogP contribution in [0.3, 0.4) is 0 Å². The highest BCUT2D eigenvalue weighted by atomic mass is 32.1. The maximum Gasteiger partial charge on any atom is 0.261 e. The molecule has 3 heterocycles. The van der Waals surface area contributed by atoms with Crippen molar-refractivity contribution in [3.63, 3.8) is 0 Å². The number of thiophene rings is 1. The number of carbonyl (C=O) groups is 1. The van der Waals surface area contributed by atoms with Gasteiger partial charge in [0.1, 0.15) is 0 Å². The molecule has 6 nitrogen and oxygen atoms in total. The largest absolute Gasteiger partial charge is 0.350 e. The van der Waals surface area contributed by atoms with Gasteiger partial charge >= 0.3 is 0 Å². The molecule has 1 N–H and O–H groups in total. The van der Waals surface area contributed by atoms with Crippen LogP contribution in [0.4, 0.5) is 0 Å². The van der Waals surface area contributed by atoms with Crippen LogP contribution in [-0.2, 0) is 6.42 Å². The molecule has 0 unspecified atom stereocenters. The average Bonchev–Trinajstić information content (AvgIpc) is 3.57. The Bertz CT molecular complexity index is 1240. The van der Waals surface area contributed by atoms with E-state index in [1.807, 2.05) is 43.3 Å². The first-order valence-corrected chi connectivity index (χ1v) is 13.0. The molecule has 1 saturated heterocycles. The molecule has 1 amide bonds. The van der Waals surface area contributed by atoms with Crippen molar-refractivity contribution in [2.75, 3.05) is 26.2 Å². The van der Waals surface area contributed by atoms with E-state index in [4.69, 9.17) is 4.52 Å². The fourth-order valence-corrected chi connectivity index (χ4v) is 5.34. The first-order valence-electron chi connectivity index (χ1n) is 12.2. The van der Waals surface area contributed by atoms with E-state index in [9.17, 15) is 4.79 Å². The summed E-state index contributed by atoms with van der Waals surface area (Å²) in [7, 11) is 0. The third-order valence-electron chi connectivity index (χ3n) is 6.56. The van der Waals surface area contributed by atoms with E-state index in [1.165, 1.54) is 41.7 Å². The van der Waals surface area contributed by atoms with E-state index < -0.39 is 0 Å². The number of likely N-dealkylation sites (tertiary alicyclic amines) is 1. The lowest BCUT2D eigenvalue weighted by Crippen LogP contribution is -2.39. The molecule has 0 spiro atoms. The number of nitrogens with one attached hydrogen (secondary N) is 1. The molecule has 0 saturated carbocycles. The van der Waals surface area contributed by atoms with E-state index >= 15 is 0 Å². The van der Waals surface area contributed by atoms with E-state index in [0.717, 1.165) is 36.0 Å². The number of rotatable bonds is 8. The minimum Gasteiger partial charge on any atom is -0.350 e. The van der Waals surface area contributed by atoms with Gasteiger partial charge in [-0.1, -0.05) is 53.2 Å². The van der Waals surface area contributed by atoms with Crippen LogP contribution >= 0.6 is 11.3 Å². The molecule has 0 atom stereocenters. The summed E-state index contributed by atoms with van der Waals surface area (Å²) in [6, 6.07) is 22.4. The van der Waals surface area contributed by atoms with E-state index in [0.29, 0.717) is 23.1 Å². The second kappa shape index (κ2) is 11.0. The lowest BCUT2D eigenvalue weighted by atomic mass is 9.90. The van der Waals surface area contributed by atoms with Gasteiger partial charge in [0.15, 0.2) is 0 Å². The van der Waals surface area contributed by atoms with Crippen molar-refractivity contribution in [1.82, 2.24) is 20.4 Å². The van der Waals surface area contributed by atoms with Crippen LogP contribution in [0.15, 0.2) is 71.3 Å². The zero-order chi connectivity index (χ0) is 24.0. The summed E-state index contributed by atoms with van der Waals surface area (Å²) in [4.78, 5) is 21.1. The summed E-state index contributed by atoms with van der Waals surface area (Å²) in [6.45, 7) is 5.76. The molecule has 35 heavy (non-hydrogen) atoms. The second-order valence-electron chi connectivity index (χ2n) is 9.18. The highest BCUT2D eigenvalue weighted by Crippen LogP contribution is 2.28. The second-order valence-corrected chi connectivity index (χ2v) is 10.3. The number of piperidine rings is 1. The molecule has 0 radical (unpaired) electrons. The smallest absolute Gasteiger partial charge is 0.261 e. The number of aryl methyl sites for hydroxylation is 1. The molecule has 1 aliphatic heterocycles. The molecule has 1 aliphatic rings. The van der Waals surface area contributed by atoms with Crippen LogP contribution in [-0.4, -0.2) is 47.1 Å². The molecule has 7 heteroatoms. The first kappa shape index (κ1) is 23.5. The summed E-state index contributed by atoms with van der Waals surface area (Å²) in [5.41, 5.74) is 3.49. The number of hydrogen-bond acceptors (Lipinski definition) is 6. The predicted molar refractivity (Wildman–Crippen MR) is 139 cm³/mol. The van der Waals surface area contributed by atoms with Crippen LogP contribution in [0, 0.1) is 12.8 Å². The van der Waals surface area contributed by atoms with Gasteiger partial charge in [0.25, 0.3) is 11.8 Å². The molecule has 2 aromatic heterocycles. The molecule has 1 fully saturated rings. The van der Waals surface area contributed by atoms with Crippen LogP contribution in [0.2, 0.25) is 0 Å². The topological polar surface area (TPSA) is 71.3 Å². The van der Waals surface area contributed by atoms with Gasteiger partial charge in [0.05, 0.1) is 9.75 Å². The Hall–Kier alpha value is -3.29. The third-order valence-corrected chi connectivity index (χ3v) is 7.64. The molecule has 0 bridgehead atoms. The number of hydrogen-bond donors (Lipinski definition) is 1. The van der Waals surface area contributed by atoms with Crippen molar-refractivity contribution in [2.45, 2.75) is 26.2 Å². The third kappa shape index (κ3) is 6.05.